The van der Waals surface area contributed by atoms with Crippen LogP contribution in [0.2, 0.25) is 0 Å². The van der Waals surface area contributed by atoms with E-state index in [1.54, 1.807) is 14.2 Å². The lowest BCUT2D eigenvalue weighted by molar-refractivity contribution is 0.0951. The molecule has 2 aliphatic rings. The van der Waals surface area contributed by atoms with Crippen LogP contribution in [-0.4, -0.2) is 32.9 Å². The fourth-order valence-corrected chi connectivity index (χ4v) is 6.46. The molecule has 2 aliphatic heterocycles. The molecule has 5 nitrogen and oxygen atoms in total. The van der Waals surface area contributed by atoms with Crippen LogP contribution in [-0.2, 0) is 6.54 Å². The maximum absolute atomic E-state index is 6.64. The van der Waals surface area contributed by atoms with E-state index >= 15 is 0 Å². The Bertz CT molecular complexity index is 1290. The Balaban J connectivity index is 1.40. The van der Waals surface area contributed by atoms with E-state index in [4.69, 9.17) is 14.2 Å². The van der Waals surface area contributed by atoms with Gasteiger partial charge in [0.2, 0.25) is 0 Å². The van der Waals surface area contributed by atoms with Crippen LogP contribution in [0.25, 0.3) is 0 Å². The molecular formula is C33H42N2O3. The van der Waals surface area contributed by atoms with E-state index in [0.29, 0.717) is 5.92 Å². The fraction of sp³-hybridized carbons (Fsp3) is 0.455. The highest BCUT2D eigenvalue weighted by Gasteiger charge is 2.44. The molecule has 0 amide bonds. The first kappa shape index (κ1) is 26.4. The Morgan fingerprint density at radius 1 is 0.895 bits per heavy atom. The van der Waals surface area contributed by atoms with Crippen molar-refractivity contribution in [3.8, 4) is 17.2 Å². The molecule has 3 aromatic carbocycles. The second kappa shape index (κ2) is 10.5. The van der Waals surface area contributed by atoms with Crippen molar-refractivity contribution >= 4 is 5.69 Å². The van der Waals surface area contributed by atoms with Crippen LogP contribution in [0.1, 0.15) is 72.0 Å². The summed E-state index contributed by atoms with van der Waals surface area (Å²) in [5, 5.41) is 3.85. The Kier molecular flexibility index (Phi) is 7.32. The molecule has 1 unspecified atom stereocenters. The molecule has 0 radical (unpaired) electrons. The Morgan fingerprint density at radius 2 is 1.58 bits per heavy atom. The maximum atomic E-state index is 6.64. The number of hydrogen-bond acceptors (Lipinski definition) is 5. The molecule has 202 valence electrons. The molecule has 5 rings (SSSR count). The second-order valence-corrected chi connectivity index (χ2v) is 11.3. The lowest BCUT2D eigenvalue weighted by Gasteiger charge is -2.37. The average Bonchev–Trinajstić information content (AvgIpc) is 3.21. The van der Waals surface area contributed by atoms with Crippen molar-refractivity contribution in [2.45, 2.75) is 71.6 Å². The van der Waals surface area contributed by atoms with Gasteiger partial charge in [0, 0.05) is 30.9 Å². The number of hydrogen-bond donors (Lipinski definition) is 1. The van der Waals surface area contributed by atoms with E-state index in [0.717, 1.165) is 49.7 Å². The summed E-state index contributed by atoms with van der Waals surface area (Å²) in [5.74, 6) is 3.18. The normalized spacial score (nSPS) is 18.7. The summed E-state index contributed by atoms with van der Waals surface area (Å²) in [6.07, 6.45) is 2.23. The summed E-state index contributed by atoms with van der Waals surface area (Å²) in [7, 11) is 3.39. The zero-order chi connectivity index (χ0) is 27.0. The number of ether oxygens (including phenoxy) is 3. The minimum atomic E-state index is -0.321. The SMILES string of the molecule is COc1ccc(C2CCN(c3c(C)c(C)c4c(c3C)C(NCc3ccccc3)C(C)(C)O4)CC2)cc1OC. The number of anilines is 1. The summed E-state index contributed by atoms with van der Waals surface area (Å²) in [4.78, 5) is 2.61. The van der Waals surface area contributed by atoms with Gasteiger partial charge in [0.1, 0.15) is 11.4 Å². The Hall–Kier alpha value is -3.18. The van der Waals surface area contributed by atoms with Gasteiger partial charge in [0.15, 0.2) is 11.5 Å². The molecule has 1 N–H and O–H groups in total. The first-order valence-electron chi connectivity index (χ1n) is 13.8. The summed E-state index contributed by atoms with van der Waals surface area (Å²) < 4.78 is 17.7. The number of nitrogens with zero attached hydrogens (tertiary/aromatic N) is 1. The topological polar surface area (TPSA) is 43.0 Å². The molecule has 0 spiro atoms. The van der Waals surface area contributed by atoms with Gasteiger partial charge in [-0.3, -0.25) is 0 Å². The van der Waals surface area contributed by atoms with Crippen LogP contribution < -0.4 is 24.4 Å². The van der Waals surface area contributed by atoms with Crippen LogP contribution in [0.5, 0.6) is 17.2 Å². The molecule has 38 heavy (non-hydrogen) atoms. The standard InChI is InChI=1S/C33H42N2O3/c1-21-22(2)31-29(32(33(4,5)38-31)34-20-24-11-9-8-10-12-24)23(3)30(21)35-17-15-25(16-18-35)26-13-14-27(36-6)28(19-26)37-7/h8-14,19,25,32,34H,15-18,20H2,1-7H3. The van der Waals surface area contributed by atoms with Gasteiger partial charge in [-0.25, -0.2) is 0 Å². The third-order valence-corrected chi connectivity index (χ3v) is 8.65. The van der Waals surface area contributed by atoms with Crippen molar-refractivity contribution in [2.24, 2.45) is 0 Å². The highest BCUT2D eigenvalue weighted by atomic mass is 16.5. The third-order valence-electron chi connectivity index (χ3n) is 8.65. The van der Waals surface area contributed by atoms with E-state index < -0.39 is 0 Å². The molecule has 0 bridgehead atoms. The molecule has 3 aromatic rings. The zero-order valence-corrected chi connectivity index (χ0v) is 24.0. The number of rotatable bonds is 7. The number of fused-ring (bicyclic) bond motifs is 1. The van der Waals surface area contributed by atoms with Crippen LogP contribution in [0.4, 0.5) is 5.69 Å². The van der Waals surface area contributed by atoms with Crippen molar-refractivity contribution in [2.75, 3.05) is 32.2 Å². The molecule has 2 heterocycles. The number of methoxy groups -OCH3 is 2. The first-order valence-corrected chi connectivity index (χ1v) is 13.8. The minimum Gasteiger partial charge on any atom is -0.493 e. The third kappa shape index (κ3) is 4.73. The highest BCUT2D eigenvalue weighted by Crippen LogP contribution is 2.51. The largest absolute Gasteiger partial charge is 0.493 e. The molecule has 0 saturated carbocycles. The van der Waals surface area contributed by atoms with Gasteiger partial charge in [0.05, 0.1) is 20.3 Å². The molecule has 0 aromatic heterocycles. The van der Waals surface area contributed by atoms with E-state index in [1.807, 2.05) is 6.07 Å². The monoisotopic (exact) mass is 514 g/mol. The van der Waals surface area contributed by atoms with Gasteiger partial charge in [-0.15, -0.1) is 0 Å². The van der Waals surface area contributed by atoms with E-state index in [-0.39, 0.29) is 11.6 Å². The van der Waals surface area contributed by atoms with Gasteiger partial charge < -0.3 is 24.4 Å². The van der Waals surface area contributed by atoms with E-state index in [2.05, 4.69) is 87.3 Å². The van der Waals surface area contributed by atoms with E-state index in [9.17, 15) is 0 Å². The van der Waals surface area contributed by atoms with Crippen molar-refractivity contribution in [1.82, 2.24) is 5.32 Å². The summed E-state index contributed by atoms with van der Waals surface area (Å²) in [5.41, 5.74) is 8.97. The molecule has 1 saturated heterocycles. The number of nitrogens with one attached hydrogen (secondary N) is 1. The first-order chi connectivity index (χ1) is 18.2. The maximum Gasteiger partial charge on any atom is 0.160 e. The molecule has 5 heteroatoms. The Labute approximate surface area is 228 Å². The smallest absolute Gasteiger partial charge is 0.160 e. The van der Waals surface area contributed by atoms with Crippen LogP contribution >= 0.6 is 0 Å². The molecule has 1 atom stereocenters. The van der Waals surface area contributed by atoms with Gasteiger partial charge in [-0.05, 0) is 93.3 Å². The predicted octanol–water partition coefficient (Wildman–Crippen LogP) is 7.01. The van der Waals surface area contributed by atoms with Gasteiger partial charge in [0.25, 0.3) is 0 Å². The van der Waals surface area contributed by atoms with Crippen molar-refractivity contribution in [3.63, 3.8) is 0 Å². The molecule has 1 fully saturated rings. The Morgan fingerprint density at radius 3 is 2.24 bits per heavy atom. The van der Waals surface area contributed by atoms with E-state index in [1.165, 1.54) is 39.1 Å². The van der Waals surface area contributed by atoms with Crippen LogP contribution in [0.15, 0.2) is 48.5 Å². The highest BCUT2D eigenvalue weighted by molar-refractivity contribution is 5.71. The van der Waals surface area contributed by atoms with Crippen molar-refractivity contribution in [3.05, 3.63) is 81.9 Å². The predicted molar refractivity (Wildman–Crippen MR) is 155 cm³/mol. The zero-order valence-electron chi connectivity index (χ0n) is 24.0. The van der Waals surface area contributed by atoms with Gasteiger partial charge in [-0.1, -0.05) is 36.4 Å². The van der Waals surface area contributed by atoms with Gasteiger partial charge >= 0.3 is 0 Å². The summed E-state index contributed by atoms with van der Waals surface area (Å²) >= 11 is 0. The lowest BCUT2D eigenvalue weighted by atomic mass is 9.85. The summed E-state index contributed by atoms with van der Waals surface area (Å²) in [6.45, 7) is 14.1. The lowest BCUT2D eigenvalue weighted by Crippen LogP contribution is -2.39. The van der Waals surface area contributed by atoms with Crippen LogP contribution in [0, 0.1) is 20.8 Å². The van der Waals surface area contributed by atoms with Gasteiger partial charge in [-0.2, -0.15) is 0 Å². The van der Waals surface area contributed by atoms with Crippen molar-refractivity contribution < 1.29 is 14.2 Å². The molecular weight excluding hydrogens is 472 g/mol. The number of benzene rings is 3. The van der Waals surface area contributed by atoms with Crippen molar-refractivity contribution in [1.29, 1.82) is 0 Å². The quantitative estimate of drug-likeness (QED) is 0.367. The summed E-state index contributed by atoms with van der Waals surface area (Å²) in [6, 6.07) is 17.1. The number of piperidine rings is 1. The van der Waals surface area contributed by atoms with Crippen LogP contribution in [0.3, 0.4) is 0 Å². The fourth-order valence-electron chi connectivity index (χ4n) is 6.46. The minimum absolute atomic E-state index is 0.125. The average molecular weight is 515 g/mol. The molecule has 0 aliphatic carbocycles. The second-order valence-electron chi connectivity index (χ2n) is 11.3.